The van der Waals surface area contributed by atoms with E-state index in [0.717, 1.165) is 0 Å². The fraction of sp³-hybridized carbons (Fsp3) is 0.231. The second-order valence-corrected chi connectivity index (χ2v) is 12.0. The van der Waals surface area contributed by atoms with Crippen LogP contribution in [0.4, 0.5) is 31.6 Å². The number of nitrogens with two attached hydrogens (primary N) is 1. The molecule has 208 valence electrons. The molecule has 0 saturated carbocycles. The number of hydrogen-bond donors (Lipinski definition) is 3. The van der Waals surface area contributed by atoms with Crippen molar-refractivity contribution < 1.29 is 22.3 Å². The first-order valence-corrected chi connectivity index (χ1v) is 14.8. The molecule has 1 saturated heterocycles. The molecule has 3 heterocycles. The lowest BCUT2D eigenvalue weighted by Crippen LogP contribution is -2.36. The molecule has 14 heteroatoms. The molecule has 40 heavy (non-hydrogen) atoms. The number of carbonyl (C=O) groups is 1. The third kappa shape index (κ3) is 5.88. The van der Waals surface area contributed by atoms with Gasteiger partial charge in [0.25, 0.3) is 0 Å². The zero-order valence-corrected chi connectivity index (χ0v) is 23.1. The van der Waals surface area contributed by atoms with Crippen LogP contribution in [0.3, 0.4) is 0 Å². The van der Waals surface area contributed by atoms with Gasteiger partial charge < -0.3 is 26.0 Å². The molecule has 2 amide bonds. The van der Waals surface area contributed by atoms with Gasteiger partial charge in [-0.25, -0.2) is 32.6 Å². The zero-order valence-electron chi connectivity index (χ0n) is 21.4. The third-order valence-electron chi connectivity index (χ3n) is 6.16. The Balaban J connectivity index is 1.43. The number of amides is 2. The predicted molar refractivity (Wildman–Crippen MR) is 153 cm³/mol. The Morgan fingerprint density at radius 2 is 1.85 bits per heavy atom. The lowest BCUT2D eigenvalue weighted by atomic mass is 10.1. The van der Waals surface area contributed by atoms with Crippen LogP contribution in [0.25, 0.3) is 21.8 Å². The van der Waals surface area contributed by atoms with Crippen LogP contribution in [0.1, 0.15) is 6.92 Å². The van der Waals surface area contributed by atoms with E-state index in [2.05, 4.69) is 25.5 Å². The Bertz CT molecular complexity index is 1640. The number of aromatic nitrogens is 3. The summed E-state index contributed by atoms with van der Waals surface area (Å²) in [6.07, 6.45) is 1.51. The molecule has 11 nitrogen and oxygen atoms in total. The lowest BCUT2D eigenvalue weighted by Gasteiger charge is -2.26. The number of nitrogen functional groups attached to an aromatic ring is 1. The van der Waals surface area contributed by atoms with E-state index in [0.29, 0.717) is 53.4 Å². The van der Waals surface area contributed by atoms with Crippen molar-refractivity contribution >= 4 is 49.7 Å². The summed E-state index contributed by atoms with van der Waals surface area (Å²) in [5, 5.41) is 5.81. The van der Waals surface area contributed by atoms with Crippen LogP contribution in [0.5, 0.6) is 0 Å². The highest BCUT2D eigenvalue weighted by molar-refractivity contribution is 7.91. The van der Waals surface area contributed by atoms with Crippen LogP contribution in [0.2, 0.25) is 0 Å². The van der Waals surface area contributed by atoms with Crippen LogP contribution in [-0.4, -0.2) is 61.5 Å². The van der Waals surface area contributed by atoms with E-state index in [1.807, 2.05) is 0 Å². The number of benzene rings is 2. The number of ether oxygens (including phenoxy) is 1. The smallest absolute Gasteiger partial charge is 0.323 e. The van der Waals surface area contributed by atoms with E-state index in [4.69, 9.17) is 15.5 Å². The molecule has 0 radical (unpaired) electrons. The highest BCUT2D eigenvalue weighted by Crippen LogP contribution is 2.42. The number of hydrogen-bond acceptors (Lipinski definition) is 10. The standard InChI is InChI=1S/C26H26FN7O4S2/c1-2-40(36,37)17-8-6-16(7-9-17)30-25(35)32-19-5-3-4-18(21(19)27)23-22(20-10-11-29-24(28)31-20)33-26(39-23)34-12-14-38-15-13-34/h3-11H,2,12-15H2,1H3,(H2,28,29,31)(H2,30,32,35). The van der Waals surface area contributed by atoms with Crippen molar-refractivity contribution in [1.29, 1.82) is 0 Å². The molecule has 1 aliphatic heterocycles. The molecule has 5 rings (SSSR count). The maximum absolute atomic E-state index is 15.9. The number of urea groups is 1. The van der Waals surface area contributed by atoms with Crippen LogP contribution in [0.15, 0.2) is 59.6 Å². The number of thiazole rings is 1. The van der Waals surface area contributed by atoms with E-state index in [-0.39, 0.29) is 27.8 Å². The summed E-state index contributed by atoms with van der Waals surface area (Å²) >= 11 is 1.31. The van der Waals surface area contributed by atoms with Crippen molar-refractivity contribution in [3.63, 3.8) is 0 Å². The zero-order chi connectivity index (χ0) is 28.3. The molecule has 0 bridgehead atoms. The van der Waals surface area contributed by atoms with Gasteiger partial charge in [-0.1, -0.05) is 30.4 Å². The fourth-order valence-corrected chi connectivity index (χ4v) is 6.09. The van der Waals surface area contributed by atoms with E-state index >= 15 is 4.39 Å². The van der Waals surface area contributed by atoms with Gasteiger partial charge in [0.05, 0.1) is 40.1 Å². The SMILES string of the molecule is CCS(=O)(=O)c1ccc(NC(=O)Nc2cccc(-c3sc(N4CCOCC4)nc3-c3ccnc(N)n3)c2F)cc1. The highest BCUT2D eigenvalue weighted by atomic mass is 32.2. The summed E-state index contributed by atoms with van der Waals surface area (Å²) in [6, 6.07) is 11.4. The van der Waals surface area contributed by atoms with Gasteiger partial charge in [-0.3, -0.25) is 0 Å². The Labute approximate surface area is 234 Å². The molecule has 2 aromatic heterocycles. The molecule has 0 aliphatic carbocycles. The van der Waals surface area contributed by atoms with Crippen molar-refractivity contribution in [2.75, 3.05) is 53.3 Å². The summed E-state index contributed by atoms with van der Waals surface area (Å²) in [5.74, 6) is -0.615. The van der Waals surface area contributed by atoms with Crippen molar-refractivity contribution in [2.24, 2.45) is 0 Å². The minimum absolute atomic E-state index is 0.0318. The lowest BCUT2D eigenvalue weighted by molar-refractivity contribution is 0.122. The fourth-order valence-electron chi connectivity index (χ4n) is 4.06. The van der Waals surface area contributed by atoms with Gasteiger partial charge in [0.2, 0.25) is 5.95 Å². The van der Waals surface area contributed by atoms with Crippen LogP contribution >= 0.6 is 11.3 Å². The normalized spacial score (nSPS) is 13.7. The van der Waals surface area contributed by atoms with Gasteiger partial charge in [0, 0.05) is 30.5 Å². The maximum atomic E-state index is 15.9. The number of nitrogens with zero attached hydrogens (tertiary/aromatic N) is 4. The van der Waals surface area contributed by atoms with E-state index in [9.17, 15) is 13.2 Å². The van der Waals surface area contributed by atoms with Gasteiger partial charge in [-0.05, 0) is 36.4 Å². The van der Waals surface area contributed by atoms with Crippen molar-refractivity contribution in [3.05, 3.63) is 60.5 Å². The molecule has 0 atom stereocenters. The maximum Gasteiger partial charge on any atom is 0.323 e. The van der Waals surface area contributed by atoms with Gasteiger partial charge in [-0.15, -0.1) is 0 Å². The number of morpholine rings is 1. The van der Waals surface area contributed by atoms with E-state index in [1.165, 1.54) is 47.9 Å². The molecular formula is C26H26FN7O4S2. The molecule has 4 aromatic rings. The molecule has 0 unspecified atom stereocenters. The predicted octanol–water partition coefficient (Wildman–Crippen LogP) is 4.26. The average molecular weight is 584 g/mol. The van der Waals surface area contributed by atoms with Gasteiger partial charge in [0.1, 0.15) is 5.69 Å². The van der Waals surface area contributed by atoms with Gasteiger partial charge in [0.15, 0.2) is 20.8 Å². The van der Waals surface area contributed by atoms with Crippen molar-refractivity contribution in [2.45, 2.75) is 11.8 Å². The Morgan fingerprint density at radius 3 is 2.55 bits per heavy atom. The summed E-state index contributed by atoms with van der Waals surface area (Å²) in [4.78, 5) is 28.4. The first kappa shape index (κ1) is 27.4. The largest absolute Gasteiger partial charge is 0.378 e. The Hall–Kier alpha value is -4.14. The Kier molecular flexibility index (Phi) is 7.91. The number of sulfone groups is 1. The molecule has 2 aromatic carbocycles. The van der Waals surface area contributed by atoms with E-state index in [1.54, 1.807) is 25.1 Å². The summed E-state index contributed by atoms with van der Waals surface area (Å²) in [7, 11) is -3.37. The van der Waals surface area contributed by atoms with Crippen LogP contribution in [-0.2, 0) is 14.6 Å². The molecule has 4 N–H and O–H groups in total. The minimum atomic E-state index is -3.37. The monoisotopic (exact) mass is 583 g/mol. The number of rotatable bonds is 7. The first-order chi connectivity index (χ1) is 19.2. The highest BCUT2D eigenvalue weighted by Gasteiger charge is 2.24. The summed E-state index contributed by atoms with van der Waals surface area (Å²) in [6.45, 7) is 3.97. The number of nitrogens with one attached hydrogen (secondary N) is 2. The number of carbonyl (C=O) groups excluding carboxylic acids is 1. The Morgan fingerprint density at radius 1 is 1.10 bits per heavy atom. The number of halogens is 1. The van der Waals surface area contributed by atoms with Gasteiger partial charge >= 0.3 is 6.03 Å². The third-order valence-corrected chi connectivity index (χ3v) is 9.06. The van der Waals surface area contributed by atoms with Crippen LogP contribution < -0.4 is 21.3 Å². The summed E-state index contributed by atoms with van der Waals surface area (Å²) in [5.41, 5.74) is 7.24. The molecule has 1 fully saturated rings. The topological polar surface area (TPSA) is 152 Å². The van der Waals surface area contributed by atoms with Gasteiger partial charge in [-0.2, -0.15) is 0 Å². The quantitative estimate of drug-likeness (QED) is 0.290. The molecule has 0 spiro atoms. The second kappa shape index (κ2) is 11.5. The molecular weight excluding hydrogens is 557 g/mol. The second-order valence-electron chi connectivity index (χ2n) is 8.75. The van der Waals surface area contributed by atoms with E-state index < -0.39 is 21.7 Å². The summed E-state index contributed by atoms with van der Waals surface area (Å²) < 4.78 is 45.4. The van der Waals surface area contributed by atoms with Crippen LogP contribution in [0, 0.1) is 5.82 Å². The minimum Gasteiger partial charge on any atom is -0.378 e. The first-order valence-electron chi connectivity index (χ1n) is 12.4. The average Bonchev–Trinajstić information content (AvgIpc) is 3.40. The number of anilines is 4. The molecule has 1 aliphatic rings. The van der Waals surface area contributed by atoms with Crippen molar-refractivity contribution in [1.82, 2.24) is 15.0 Å². The van der Waals surface area contributed by atoms with Crippen molar-refractivity contribution in [3.8, 4) is 21.8 Å².